The van der Waals surface area contributed by atoms with E-state index in [9.17, 15) is 14.4 Å². The first-order valence-corrected chi connectivity index (χ1v) is 11.2. The molecule has 2 atom stereocenters. The highest BCUT2D eigenvalue weighted by atomic mass is 16.5. The number of fused-ring (bicyclic) bond motifs is 3. The monoisotopic (exact) mass is 452 g/mol. The minimum absolute atomic E-state index is 0.0414. The van der Waals surface area contributed by atoms with E-state index in [0.717, 1.165) is 22.3 Å². The molecule has 0 heterocycles. The van der Waals surface area contributed by atoms with Crippen molar-refractivity contribution in [3.05, 3.63) is 59.7 Å². The maximum absolute atomic E-state index is 12.8. The molecular formula is C26H32N2O5. The molecule has 2 aromatic rings. The van der Waals surface area contributed by atoms with Crippen molar-refractivity contribution in [1.82, 2.24) is 10.6 Å². The van der Waals surface area contributed by atoms with Gasteiger partial charge >= 0.3 is 12.1 Å². The molecule has 176 valence electrons. The highest BCUT2D eigenvalue weighted by Crippen LogP contribution is 2.44. The van der Waals surface area contributed by atoms with Crippen molar-refractivity contribution >= 4 is 18.0 Å². The minimum atomic E-state index is -0.916. The van der Waals surface area contributed by atoms with Gasteiger partial charge in [0.2, 0.25) is 5.91 Å². The first-order chi connectivity index (χ1) is 15.6. The van der Waals surface area contributed by atoms with Crippen LogP contribution in [0.3, 0.4) is 0 Å². The van der Waals surface area contributed by atoms with Crippen LogP contribution in [0.1, 0.15) is 51.2 Å². The summed E-state index contributed by atoms with van der Waals surface area (Å²) in [6.45, 7) is 7.67. The number of rotatable bonds is 8. The van der Waals surface area contributed by atoms with Crippen LogP contribution in [0.4, 0.5) is 4.79 Å². The number of nitrogens with one attached hydrogen (secondary N) is 2. The Morgan fingerprint density at radius 2 is 1.55 bits per heavy atom. The van der Waals surface area contributed by atoms with E-state index >= 15 is 0 Å². The lowest BCUT2D eigenvalue weighted by Crippen LogP contribution is -2.54. The number of benzene rings is 2. The van der Waals surface area contributed by atoms with E-state index in [2.05, 4.69) is 22.8 Å². The average molecular weight is 453 g/mol. The summed E-state index contributed by atoms with van der Waals surface area (Å²) >= 11 is 0. The topological polar surface area (TPSA) is 105 Å². The van der Waals surface area contributed by atoms with Crippen LogP contribution in [0.2, 0.25) is 0 Å². The zero-order chi connectivity index (χ0) is 24.2. The Morgan fingerprint density at radius 1 is 1.00 bits per heavy atom. The molecule has 0 fully saturated rings. The van der Waals surface area contributed by atoms with Crippen LogP contribution in [0.25, 0.3) is 11.1 Å². The van der Waals surface area contributed by atoms with Crippen LogP contribution in [-0.4, -0.2) is 42.3 Å². The molecule has 3 rings (SSSR count). The summed E-state index contributed by atoms with van der Waals surface area (Å²) < 4.78 is 5.59. The van der Waals surface area contributed by atoms with Crippen molar-refractivity contribution in [3.63, 3.8) is 0 Å². The Morgan fingerprint density at radius 3 is 2.06 bits per heavy atom. The average Bonchev–Trinajstić information content (AvgIpc) is 3.07. The number of ether oxygens (including phenoxy) is 1. The van der Waals surface area contributed by atoms with Gasteiger partial charge in [-0.15, -0.1) is 0 Å². The van der Waals surface area contributed by atoms with E-state index in [1.807, 2.05) is 57.2 Å². The van der Waals surface area contributed by atoms with Crippen LogP contribution in [0.15, 0.2) is 48.5 Å². The van der Waals surface area contributed by atoms with Gasteiger partial charge in [0.1, 0.15) is 12.6 Å². The van der Waals surface area contributed by atoms with Gasteiger partial charge in [-0.25, -0.2) is 4.79 Å². The van der Waals surface area contributed by atoms with Gasteiger partial charge in [0, 0.05) is 18.9 Å². The third kappa shape index (κ3) is 5.92. The number of carbonyl (C=O) groups excluding carboxylic acids is 2. The predicted octanol–water partition coefficient (Wildman–Crippen LogP) is 4.17. The van der Waals surface area contributed by atoms with Gasteiger partial charge < -0.3 is 20.5 Å². The summed E-state index contributed by atoms with van der Waals surface area (Å²) in [6.07, 6.45) is -0.703. The van der Waals surface area contributed by atoms with Crippen LogP contribution in [-0.2, 0) is 14.3 Å². The van der Waals surface area contributed by atoms with Crippen LogP contribution in [0, 0.1) is 11.3 Å². The largest absolute Gasteiger partial charge is 0.481 e. The lowest BCUT2D eigenvalue weighted by Gasteiger charge is -2.30. The van der Waals surface area contributed by atoms with E-state index < -0.39 is 23.5 Å². The zero-order valence-corrected chi connectivity index (χ0v) is 19.6. The number of amides is 2. The fourth-order valence-electron chi connectivity index (χ4n) is 4.18. The van der Waals surface area contributed by atoms with Crippen LogP contribution in [0.5, 0.6) is 0 Å². The molecule has 0 bridgehead atoms. The second-order valence-electron chi connectivity index (χ2n) is 9.72. The second kappa shape index (κ2) is 10.1. The van der Waals surface area contributed by atoms with Gasteiger partial charge in [-0.05, 0) is 33.6 Å². The van der Waals surface area contributed by atoms with Gasteiger partial charge in [-0.2, -0.15) is 0 Å². The van der Waals surface area contributed by atoms with Crippen molar-refractivity contribution in [3.8, 4) is 11.1 Å². The van der Waals surface area contributed by atoms with Crippen molar-refractivity contribution < 1.29 is 24.2 Å². The number of hydrogen-bond acceptors (Lipinski definition) is 4. The number of alkyl carbamates (subject to hydrolysis) is 1. The molecule has 0 saturated carbocycles. The normalized spacial score (nSPS) is 14.5. The zero-order valence-electron chi connectivity index (χ0n) is 19.6. The van der Waals surface area contributed by atoms with Gasteiger partial charge in [0.15, 0.2) is 0 Å². The highest BCUT2D eigenvalue weighted by molar-refractivity contribution is 5.86. The summed E-state index contributed by atoms with van der Waals surface area (Å²) in [6, 6.07) is 15.3. The number of aliphatic carboxylic acids is 1. The van der Waals surface area contributed by atoms with E-state index in [4.69, 9.17) is 9.84 Å². The summed E-state index contributed by atoms with van der Waals surface area (Å²) in [5.41, 5.74) is 3.95. The van der Waals surface area contributed by atoms with Crippen molar-refractivity contribution in [1.29, 1.82) is 0 Å². The molecule has 33 heavy (non-hydrogen) atoms. The van der Waals surface area contributed by atoms with Gasteiger partial charge in [0.05, 0.1) is 0 Å². The number of carboxylic acid groups (broad SMARTS) is 1. The number of hydrogen-bond donors (Lipinski definition) is 3. The first kappa shape index (κ1) is 24.3. The first-order valence-electron chi connectivity index (χ1n) is 11.2. The van der Waals surface area contributed by atoms with Gasteiger partial charge in [-0.1, -0.05) is 76.2 Å². The fourth-order valence-corrected chi connectivity index (χ4v) is 4.18. The predicted molar refractivity (Wildman–Crippen MR) is 126 cm³/mol. The van der Waals surface area contributed by atoms with E-state index in [-0.39, 0.29) is 37.3 Å². The Hall–Kier alpha value is -3.35. The van der Waals surface area contributed by atoms with Crippen molar-refractivity contribution in [2.75, 3.05) is 13.2 Å². The maximum atomic E-state index is 12.8. The third-order valence-corrected chi connectivity index (χ3v) is 5.88. The maximum Gasteiger partial charge on any atom is 0.407 e. The minimum Gasteiger partial charge on any atom is -0.481 e. The van der Waals surface area contributed by atoms with Gasteiger partial charge in [-0.3, -0.25) is 9.59 Å². The summed E-state index contributed by atoms with van der Waals surface area (Å²) in [5, 5.41) is 14.3. The molecule has 2 aromatic carbocycles. The molecule has 0 saturated heterocycles. The van der Waals surface area contributed by atoms with Crippen LogP contribution >= 0.6 is 0 Å². The molecule has 1 aliphatic carbocycles. The Bertz CT molecular complexity index is 982. The quantitative estimate of drug-likeness (QED) is 0.558. The molecule has 7 nitrogen and oxygen atoms in total. The number of carbonyl (C=O) groups is 3. The molecular weight excluding hydrogens is 420 g/mol. The highest BCUT2D eigenvalue weighted by Gasteiger charge is 2.34. The molecule has 0 radical (unpaired) electrons. The van der Waals surface area contributed by atoms with Crippen LogP contribution < -0.4 is 10.6 Å². The molecule has 0 spiro atoms. The molecule has 3 N–H and O–H groups in total. The molecule has 7 heteroatoms. The standard InChI is InChI=1S/C26H32N2O5/c1-16(13-22(29)30)14-27-24(31)23(26(2,3)4)28-25(32)33-15-21-19-11-7-5-9-17(19)18-10-6-8-12-20(18)21/h5-12,16,21,23H,13-15H2,1-4H3,(H,27,31)(H,28,32)(H,29,30)/t16?,23-/m1/s1. The molecule has 0 aromatic heterocycles. The van der Waals surface area contributed by atoms with E-state index in [1.165, 1.54) is 0 Å². The van der Waals surface area contributed by atoms with Crippen molar-refractivity contribution in [2.24, 2.45) is 11.3 Å². The molecule has 0 aliphatic heterocycles. The summed E-state index contributed by atoms with van der Waals surface area (Å²) in [4.78, 5) is 36.3. The Kier molecular flexibility index (Phi) is 7.41. The SMILES string of the molecule is CC(CNC(=O)[C@@H](NC(=O)OCC1c2ccccc2-c2ccccc21)C(C)(C)C)CC(=O)O. The van der Waals surface area contributed by atoms with Gasteiger partial charge in [0.25, 0.3) is 0 Å². The fraction of sp³-hybridized carbons (Fsp3) is 0.423. The molecule has 1 unspecified atom stereocenters. The second-order valence-corrected chi connectivity index (χ2v) is 9.72. The summed E-state index contributed by atoms with van der Waals surface area (Å²) in [5.74, 6) is -1.57. The third-order valence-electron chi connectivity index (χ3n) is 5.88. The Balaban J connectivity index is 1.63. The van der Waals surface area contributed by atoms with E-state index in [0.29, 0.717) is 0 Å². The lowest BCUT2D eigenvalue weighted by molar-refractivity contribution is -0.138. The molecule has 2 amide bonds. The molecule has 1 aliphatic rings. The van der Waals surface area contributed by atoms with E-state index in [1.54, 1.807) is 6.92 Å². The smallest absolute Gasteiger partial charge is 0.407 e. The number of carboxylic acids is 1. The van der Waals surface area contributed by atoms with Crippen molar-refractivity contribution in [2.45, 2.75) is 46.1 Å². The summed E-state index contributed by atoms with van der Waals surface area (Å²) in [7, 11) is 0. The lowest BCUT2D eigenvalue weighted by atomic mass is 9.86. The Labute approximate surface area is 194 Å².